The Balaban J connectivity index is 1.19. The van der Waals surface area contributed by atoms with Crippen molar-refractivity contribution >= 4 is 86.9 Å². The summed E-state index contributed by atoms with van der Waals surface area (Å²) in [4.78, 5) is 12.9. The number of esters is 1. The molecule has 2 spiro atoms. The first-order chi connectivity index (χ1) is 26.1. The number of ether oxygens (including phenoxy) is 1. The van der Waals surface area contributed by atoms with Crippen LogP contribution in [0.1, 0.15) is 80.8 Å². The van der Waals surface area contributed by atoms with Crippen LogP contribution in [-0.2, 0) is 46.0 Å². The molecule has 0 saturated heterocycles. The highest BCUT2D eigenvalue weighted by atomic mass is 16.5. The van der Waals surface area contributed by atoms with Crippen molar-refractivity contribution in [2.75, 3.05) is 7.11 Å². The van der Waals surface area contributed by atoms with Gasteiger partial charge in [0.2, 0.25) is 0 Å². The van der Waals surface area contributed by atoms with Crippen molar-refractivity contribution in [1.82, 2.24) is 0 Å². The highest BCUT2D eigenvalue weighted by Crippen LogP contribution is 2.98. The molecule has 2 heteroatoms. The summed E-state index contributed by atoms with van der Waals surface area (Å²) in [6, 6.07) is 19.7. The smallest absolute Gasteiger partial charge is 0.305 e. The van der Waals surface area contributed by atoms with Crippen molar-refractivity contribution in [3.05, 3.63) is 133 Å². The molecule has 9 aromatic carbocycles. The summed E-state index contributed by atoms with van der Waals surface area (Å²) in [5, 5.41) is 22.6. The number of hydrogen-bond acceptors (Lipinski definition) is 2. The molecule has 0 amide bonds. The second-order valence-corrected chi connectivity index (χ2v) is 18.6. The molecule has 1 fully saturated rings. The average molecular weight is 673 g/mol. The molecule has 0 aromatic heterocycles. The summed E-state index contributed by atoms with van der Waals surface area (Å²) in [5.41, 5.74) is 22.1. The molecule has 18 rings (SSSR count). The van der Waals surface area contributed by atoms with Gasteiger partial charge in [0.05, 0.1) is 7.11 Å². The molecule has 2 nitrogen and oxygen atoms in total. The molecule has 0 radical (unpaired) electrons. The van der Waals surface area contributed by atoms with Crippen LogP contribution in [-0.4, -0.2) is 13.1 Å². The van der Waals surface area contributed by atoms with Crippen molar-refractivity contribution in [2.45, 2.75) is 61.7 Å². The first-order valence-corrected chi connectivity index (χ1v) is 20.0. The Kier molecular flexibility index (Phi) is 3.10. The van der Waals surface area contributed by atoms with E-state index in [1.807, 2.05) is 0 Å². The first kappa shape index (κ1) is 24.7. The number of allylic oxidation sites excluding steroid dienone is 6. The van der Waals surface area contributed by atoms with Crippen LogP contribution in [0.15, 0.2) is 77.4 Å². The Bertz CT molecular complexity index is 3640. The zero-order chi connectivity index (χ0) is 33.5. The Hall–Kier alpha value is -5.47. The van der Waals surface area contributed by atoms with Gasteiger partial charge in [-0.25, -0.2) is 0 Å². The molecule has 0 heterocycles. The molecule has 0 aliphatic heterocycles. The summed E-state index contributed by atoms with van der Waals surface area (Å²) in [6.45, 7) is 0. The molecule has 4 unspecified atom stereocenters. The number of benzene rings is 6. The number of rotatable bonds is 5. The predicted molar refractivity (Wildman–Crippen MR) is 211 cm³/mol. The summed E-state index contributed by atoms with van der Waals surface area (Å²) in [7, 11) is 1.55. The average Bonchev–Trinajstić information content (AvgIpc) is 3.86. The second-order valence-electron chi connectivity index (χ2n) is 18.6. The van der Waals surface area contributed by atoms with Crippen molar-refractivity contribution in [2.24, 2.45) is 5.41 Å². The maximum atomic E-state index is 12.9. The van der Waals surface area contributed by atoms with Gasteiger partial charge < -0.3 is 4.74 Å². The molecule has 9 aromatic rings. The number of hydrogen-bond donors (Lipinski definition) is 0. The van der Waals surface area contributed by atoms with Crippen LogP contribution in [0.25, 0.3) is 81.0 Å². The third-order valence-corrected chi connectivity index (χ3v) is 17.6. The Morgan fingerprint density at radius 1 is 0.679 bits per heavy atom. The number of carbonyl (C=O) groups excluding carboxylic acids is 1. The Morgan fingerprint density at radius 2 is 1.30 bits per heavy atom. The fourth-order valence-electron chi connectivity index (χ4n) is 17.1. The highest BCUT2D eigenvalue weighted by molar-refractivity contribution is 6.56. The Labute approximate surface area is 302 Å². The normalized spacial score (nSPS) is 28.7. The van der Waals surface area contributed by atoms with E-state index < -0.39 is 0 Å². The van der Waals surface area contributed by atoms with E-state index >= 15 is 0 Å². The van der Waals surface area contributed by atoms with E-state index in [-0.39, 0.29) is 22.2 Å². The van der Waals surface area contributed by atoms with Crippen LogP contribution in [0.4, 0.5) is 0 Å². The van der Waals surface area contributed by atoms with E-state index in [9.17, 15) is 4.79 Å². The molecular weight excluding hydrogens is 645 g/mol. The van der Waals surface area contributed by atoms with Crippen LogP contribution >= 0.6 is 0 Å². The SMILES string of the molecule is COC(=O)CCCC1(c2ccccc2)C23C4=C5C=C6C=C7Cc8cc9c%10c%11c(cc%12c%13c%14c%15c(cc(c%15c4c4c2c2c(c8c%10c2c(c%11%13)c4%14)C7C613)C5)C%12)C9. The maximum absolute atomic E-state index is 12.9. The quantitative estimate of drug-likeness (QED) is 0.134. The van der Waals surface area contributed by atoms with Crippen LogP contribution in [0.3, 0.4) is 0 Å². The van der Waals surface area contributed by atoms with Gasteiger partial charge in [-0.05, 0) is 186 Å². The minimum absolute atomic E-state index is 0.0846. The van der Waals surface area contributed by atoms with Gasteiger partial charge in [0, 0.05) is 28.6 Å². The molecule has 244 valence electrons. The van der Waals surface area contributed by atoms with Crippen LogP contribution in [0.2, 0.25) is 0 Å². The summed E-state index contributed by atoms with van der Waals surface area (Å²) < 4.78 is 5.30. The fraction of sp³-hybridized carbons (Fsp3) is 0.235. The molecule has 0 bridgehead atoms. The topological polar surface area (TPSA) is 26.3 Å². The van der Waals surface area contributed by atoms with Crippen molar-refractivity contribution in [3.63, 3.8) is 0 Å². The summed E-state index contributed by atoms with van der Waals surface area (Å²) in [6.07, 6.45) is 12.0. The van der Waals surface area contributed by atoms with Gasteiger partial charge in [-0.3, -0.25) is 4.79 Å². The van der Waals surface area contributed by atoms with E-state index in [1.54, 1.807) is 155 Å². The van der Waals surface area contributed by atoms with E-state index in [0.717, 1.165) is 38.5 Å². The summed E-state index contributed by atoms with van der Waals surface area (Å²) in [5.74, 6) is 0.273. The zero-order valence-electron chi connectivity index (χ0n) is 29.1. The fourth-order valence-corrected chi connectivity index (χ4v) is 17.1. The van der Waals surface area contributed by atoms with E-state index in [0.29, 0.717) is 12.3 Å². The zero-order valence-corrected chi connectivity index (χ0v) is 29.1. The van der Waals surface area contributed by atoms with E-state index in [4.69, 9.17) is 4.74 Å². The van der Waals surface area contributed by atoms with Crippen LogP contribution in [0.5, 0.6) is 0 Å². The Morgan fingerprint density at radius 3 is 2.06 bits per heavy atom. The van der Waals surface area contributed by atoms with Gasteiger partial charge in [0.25, 0.3) is 0 Å². The molecule has 9 aliphatic rings. The van der Waals surface area contributed by atoms with Crippen molar-refractivity contribution in [1.29, 1.82) is 0 Å². The van der Waals surface area contributed by atoms with Gasteiger partial charge in [-0.2, -0.15) is 0 Å². The van der Waals surface area contributed by atoms with Gasteiger partial charge in [0.15, 0.2) is 0 Å². The number of methoxy groups -OCH3 is 1. The molecule has 53 heavy (non-hydrogen) atoms. The van der Waals surface area contributed by atoms with E-state index in [1.165, 1.54) is 5.56 Å². The van der Waals surface area contributed by atoms with Gasteiger partial charge in [-0.1, -0.05) is 66.3 Å². The van der Waals surface area contributed by atoms with Gasteiger partial charge in [0.1, 0.15) is 0 Å². The minimum atomic E-state index is -0.164. The highest BCUT2D eigenvalue weighted by Gasteiger charge is 2.95. The summed E-state index contributed by atoms with van der Waals surface area (Å²) >= 11 is 0. The first-order valence-electron chi connectivity index (χ1n) is 20.0. The molecule has 9 aliphatic carbocycles. The van der Waals surface area contributed by atoms with E-state index in [2.05, 4.69) is 60.7 Å². The minimum Gasteiger partial charge on any atom is -0.469 e. The lowest BCUT2D eigenvalue weighted by molar-refractivity contribution is -0.140. The predicted octanol–water partition coefficient (Wildman–Crippen LogP) is 10.7. The molecular formula is C51H28O2. The van der Waals surface area contributed by atoms with Crippen LogP contribution < -0.4 is 0 Å². The third kappa shape index (κ3) is 1.80. The molecule has 4 atom stereocenters. The lowest BCUT2D eigenvalue weighted by Gasteiger charge is -2.40. The largest absolute Gasteiger partial charge is 0.469 e. The monoisotopic (exact) mass is 672 g/mol. The standard InChI is InChI=1S/C51H28O2/c1-53-29(52)8-5-9-49(27-6-3-2-4-7-27)50-28-17-25-16-24-14-20-10-19-11-22-12-21-13-23-15-26(18-28)47-42-33(23)32(21)37-34(22)36-30(19)31(20)38-35(24)43(46(25)50)45-41(38)39(36)40(37)44(42)48(45)51(47,49)50/h2-4,6-7,11,13-14,17-18,46H,5,8-10,12,15-16H2,1H3. The number of carbonyl (C=O) groups is 1. The van der Waals surface area contributed by atoms with Gasteiger partial charge >= 0.3 is 5.97 Å². The molecule has 0 N–H and O–H groups in total. The van der Waals surface area contributed by atoms with Crippen molar-refractivity contribution in [3.8, 4) is 0 Å². The maximum Gasteiger partial charge on any atom is 0.305 e. The second kappa shape index (κ2) is 6.64. The van der Waals surface area contributed by atoms with Crippen LogP contribution in [0, 0.1) is 5.41 Å². The lowest BCUT2D eigenvalue weighted by Crippen LogP contribution is -2.31. The molecule has 1 saturated carbocycles. The third-order valence-electron chi connectivity index (χ3n) is 17.6. The van der Waals surface area contributed by atoms with Gasteiger partial charge in [-0.15, -0.1) is 0 Å². The van der Waals surface area contributed by atoms with Crippen molar-refractivity contribution < 1.29 is 9.53 Å². The lowest BCUT2D eigenvalue weighted by atomic mass is 9.61.